The number of benzene rings is 1. The Kier molecular flexibility index (Phi) is 6.55. The van der Waals surface area contributed by atoms with E-state index in [2.05, 4.69) is 15.7 Å². The molecule has 0 aliphatic rings. The standard InChI is InChI=1S/C20H19ClN4O3S2/c1-10-5-7-12(8-6-10)13-9-30-18(14(13)19(27)28-4)23-20(29)22-17(26)16-15(21)11(2)24-25(16)3/h5-9H,1-4H3,(H2,22,23,26,29). The molecule has 3 rings (SSSR count). The topological polar surface area (TPSA) is 85.2 Å². The number of carbonyl (C=O) groups excluding carboxylic acids is 2. The number of nitrogens with one attached hydrogen (secondary N) is 2. The van der Waals surface area contributed by atoms with E-state index < -0.39 is 11.9 Å². The minimum atomic E-state index is -0.506. The number of methoxy groups -OCH3 is 1. The van der Waals surface area contributed by atoms with Gasteiger partial charge in [0.1, 0.15) is 16.3 Å². The van der Waals surface area contributed by atoms with Crippen molar-refractivity contribution in [2.24, 2.45) is 7.05 Å². The molecule has 30 heavy (non-hydrogen) atoms. The van der Waals surface area contributed by atoms with Crippen LogP contribution < -0.4 is 10.6 Å². The first kappa shape index (κ1) is 21.9. The van der Waals surface area contributed by atoms with Crippen molar-refractivity contribution in [3.63, 3.8) is 0 Å². The molecule has 0 unspecified atom stereocenters. The lowest BCUT2D eigenvalue weighted by molar-refractivity contribution is 0.0603. The van der Waals surface area contributed by atoms with Gasteiger partial charge in [-0.15, -0.1) is 11.3 Å². The van der Waals surface area contributed by atoms with Crippen LogP contribution in [0.25, 0.3) is 11.1 Å². The minimum absolute atomic E-state index is 0.0254. The average Bonchev–Trinajstić information content (AvgIpc) is 3.21. The molecule has 1 amide bonds. The van der Waals surface area contributed by atoms with Gasteiger partial charge in [0, 0.05) is 18.0 Å². The third kappa shape index (κ3) is 4.38. The van der Waals surface area contributed by atoms with Gasteiger partial charge in [0.2, 0.25) is 0 Å². The number of rotatable bonds is 4. The molecule has 0 aliphatic carbocycles. The highest BCUT2D eigenvalue weighted by molar-refractivity contribution is 7.80. The highest BCUT2D eigenvalue weighted by atomic mass is 35.5. The van der Waals surface area contributed by atoms with Crippen LogP contribution in [0.1, 0.15) is 32.1 Å². The van der Waals surface area contributed by atoms with Gasteiger partial charge in [-0.3, -0.25) is 14.8 Å². The second-order valence-corrected chi connectivity index (χ2v) is 8.16. The molecule has 2 heterocycles. The number of thiophene rings is 1. The third-order valence-electron chi connectivity index (χ3n) is 4.36. The fraction of sp³-hybridized carbons (Fsp3) is 0.200. The maximum Gasteiger partial charge on any atom is 0.341 e. The Morgan fingerprint density at radius 2 is 1.90 bits per heavy atom. The van der Waals surface area contributed by atoms with Crippen molar-refractivity contribution in [3.05, 3.63) is 57.2 Å². The van der Waals surface area contributed by atoms with Crippen LogP contribution in [0.15, 0.2) is 29.6 Å². The summed E-state index contributed by atoms with van der Waals surface area (Å²) in [5.41, 5.74) is 3.78. The third-order valence-corrected chi connectivity index (χ3v) is 5.91. The fourth-order valence-corrected chi connectivity index (χ4v) is 4.34. The minimum Gasteiger partial charge on any atom is -0.465 e. The number of anilines is 1. The number of carbonyl (C=O) groups is 2. The number of aryl methyl sites for hydroxylation is 3. The Morgan fingerprint density at radius 3 is 2.47 bits per heavy atom. The molecule has 1 aromatic carbocycles. The molecule has 0 radical (unpaired) electrons. The average molecular weight is 463 g/mol. The zero-order valence-corrected chi connectivity index (χ0v) is 19.1. The number of nitrogens with zero attached hydrogens (tertiary/aromatic N) is 2. The number of aromatic nitrogens is 2. The van der Waals surface area contributed by atoms with Crippen LogP contribution in [0.2, 0.25) is 5.02 Å². The lowest BCUT2D eigenvalue weighted by Gasteiger charge is -2.11. The molecule has 0 aliphatic heterocycles. The van der Waals surface area contributed by atoms with E-state index in [9.17, 15) is 9.59 Å². The zero-order chi connectivity index (χ0) is 22.0. The van der Waals surface area contributed by atoms with Gasteiger partial charge < -0.3 is 10.1 Å². The van der Waals surface area contributed by atoms with Crippen LogP contribution in [-0.4, -0.2) is 33.9 Å². The first-order chi connectivity index (χ1) is 14.2. The summed E-state index contributed by atoms with van der Waals surface area (Å²) in [7, 11) is 2.93. The molecule has 0 spiro atoms. The summed E-state index contributed by atoms with van der Waals surface area (Å²) < 4.78 is 6.34. The second-order valence-electron chi connectivity index (χ2n) is 6.49. The van der Waals surface area contributed by atoms with Crippen LogP contribution in [0.4, 0.5) is 5.00 Å². The lowest BCUT2D eigenvalue weighted by atomic mass is 10.0. The molecule has 0 fully saturated rings. The van der Waals surface area contributed by atoms with Crippen LogP contribution in [0.5, 0.6) is 0 Å². The monoisotopic (exact) mass is 462 g/mol. The predicted octanol–water partition coefficient (Wildman–Crippen LogP) is 4.33. The van der Waals surface area contributed by atoms with Crippen LogP contribution in [0.3, 0.4) is 0 Å². The van der Waals surface area contributed by atoms with Crippen molar-refractivity contribution in [3.8, 4) is 11.1 Å². The van der Waals surface area contributed by atoms with E-state index in [-0.39, 0.29) is 15.8 Å². The summed E-state index contributed by atoms with van der Waals surface area (Å²) >= 11 is 12.7. The van der Waals surface area contributed by atoms with E-state index in [0.717, 1.165) is 11.1 Å². The van der Waals surface area contributed by atoms with E-state index >= 15 is 0 Å². The predicted molar refractivity (Wildman–Crippen MR) is 122 cm³/mol. The molecule has 0 saturated heterocycles. The van der Waals surface area contributed by atoms with Gasteiger partial charge in [-0.25, -0.2) is 4.79 Å². The van der Waals surface area contributed by atoms with Crippen LogP contribution in [0, 0.1) is 13.8 Å². The Morgan fingerprint density at radius 1 is 1.23 bits per heavy atom. The first-order valence-electron chi connectivity index (χ1n) is 8.81. The quantitative estimate of drug-likeness (QED) is 0.443. The molecule has 2 aromatic heterocycles. The largest absolute Gasteiger partial charge is 0.465 e. The highest BCUT2D eigenvalue weighted by Gasteiger charge is 2.23. The molecule has 0 saturated carbocycles. The molecule has 0 atom stereocenters. The van der Waals surface area contributed by atoms with Crippen LogP contribution >= 0.6 is 35.2 Å². The smallest absolute Gasteiger partial charge is 0.341 e. The summed E-state index contributed by atoms with van der Waals surface area (Å²) in [6.07, 6.45) is 0. The summed E-state index contributed by atoms with van der Waals surface area (Å²) in [5.74, 6) is -1.01. The number of amides is 1. The summed E-state index contributed by atoms with van der Waals surface area (Å²) in [6.45, 7) is 3.69. The second kappa shape index (κ2) is 8.95. The molecule has 0 bridgehead atoms. The van der Waals surface area contributed by atoms with Crippen LogP contribution in [-0.2, 0) is 11.8 Å². The maximum absolute atomic E-state index is 12.6. The number of hydrogen-bond donors (Lipinski definition) is 2. The molecule has 7 nitrogen and oxygen atoms in total. The number of hydrogen-bond acceptors (Lipinski definition) is 6. The van der Waals surface area contributed by atoms with E-state index in [4.69, 9.17) is 28.6 Å². The Hall–Kier alpha value is -2.75. The van der Waals surface area contributed by atoms with Crippen molar-refractivity contribution >= 4 is 57.1 Å². The zero-order valence-electron chi connectivity index (χ0n) is 16.7. The van der Waals surface area contributed by atoms with Crippen molar-refractivity contribution in [2.75, 3.05) is 12.4 Å². The van der Waals surface area contributed by atoms with Crippen molar-refractivity contribution in [2.45, 2.75) is 13.8 Å². The summed E-state index contributed by atoms with van der Waals surface area (Å²) in [5, 5.41) is 12.2. The van der Waals surface area contributed by atoms with Gasteiger partial charge in [-0.05, 0) is 31.6 Å². The first-order valence-corrected chi connectivity index (χ1v) is 10.5. The van der Waals surface area contributed by atoms with E-state index in [0.29, 0.717) is 21.8 Å². The van der Waals surface area contributed by atoms with E-state index in [1.807, 2.05) is 36.6 Å². The van der Waals surface area contributed by atoms with Gasteiger partial charge in [0.15, 0.2) is 5.11 Å². The van der Waals surface area contributed by atoms with Crippen molar-refractivity contribution in [1.82, 2.24) is 15.1 Å². The SMILES string of the molecule is COC(=O)c1c(-c2ccc(C)cc2)csc1NC(=S)NC(=O)c1c(Cl)c(C)nn1C. The van der Waals surface area contributed by atoms with Crippen molar-refractivity contribution in [1.29, 1.82) is 0 Å². The number of esters is 1. The molecule has 2 N–H and O–H groups in total. The molecule has 3 aromatic rings. The number of ether oxygens (including phenoxy) is 1. The van der Waals surface area contributed by atoms with Gasteiger partial charge in [0.25, 0.3) is 5.91 Å². The fourth-order valence-electron chi connectivity index (χ4n) is 2.88. The number of thiocarbonyl (C=S) groups is 1. The Balaban J connectivity index is 1.85. The highest BCUT2D eigenvalue weighted by Crippen LogP contribution is 2.36. The van der Waals surface area contributed by atoms with Gasteiger partial charge in [-0.2, -0.15) is 5.10 Å². The maximum atomic E-state index is 12.6. The molecular formula is C20H19ClN4O3S2. The molecular weight excluding hydrogens is 444 g/mol. The summed E-state index contributed by atoms with van der Waals surface area (Å²) in [4.78, 5) is 25.0. The van der Waals surface area contributed by atoms with Gasteiger partial charge in [0.05, 0.1) is 17.8 Å². The van der Waals surface area contributed by atoms with Gasteiger partial charge >= 0.3 is 5.97 Å². The lowest BCUT2D eigenvalue weighted by Crippen LogP contribution is -2.35. The Bertz CT molecular complexity index is 1140. The van der Waals surface area contributed by atoms with E-state index in [1.54, 1.807) is 14.0 Å². The van der Waals surface area contributed by atoms with Gasteiger partial charge in [-0.1, -0.05) is 41.4 Å². The molecule has 10 heteroatoms. The normalized spacial score (nSPS) is 10.6. The number of halogens is 1. The summed E-state index contributed by atoms with van der Waals surface area (Å²) in [6, 6.07) is 7.79. The van der Waals surface area contributed by atoms with E-state index in [1.165, 1.54) is 23.1 Å². The van der Waals surface area contributed by atoms with Crippen molar-refractivity contribution < 1.29 is 14.3 Å². The molecule has 156 valence electrons. The Labute approximate surface area is 188 Å².